The summed E-state index contributed by atoms with van der Waals surface area (Å²) < 4.78 is 0. The molecule has 1 heterocycles. The molecule has 0 aliphatic heterocycles. The molecule has 11 heavy (non-hydrogen) atoms. The van der Waals surface area contributed by atoms with E-state index < -0.39 is 0 Å². The Morgan fingerprint density at radius 3 is 1.91 bits per heavy atom. The first kappa shape index (κ1) is 9.97. The van der Waals surface area contributed by atoms with E-state index in [1.165, 1.54) is 0 Å². The van der Waals surface area contributed by atoms with Gasteiger partial charge in [0.25, 0.3) is 0 Å². The van der Waals surface area contributed by atoms with Gasteiger partial charge < -0.3 is 6.15 Å². The summed E-state index contributed by atoms with van der Waals surface area (Å²) >= 11 is 0. The SMILES string of the molecule is CCc1ncnc(CC)n1.N. The van der Waals surface area contributed by atoms with Crippen molar-refractivity contribution in [2.45, 2.75) is 26.7 Å². The van der Waals surface area contributed by atoms with Crippen LogP contribution in [0.5, 0.6) is 0 Å². The highest BCUT2D eigenvalue weighted by atomic mass is 15.0. The summed E-state index contributed by atoms with van der Waals surface area (Å²) in [5.74, 6) is 1.76. The fourth-order valence-electron chi connectivity index (χ4n) is 0.710. The van der Waals surface area contributed by atoms with E-state index in [-0.39, 0.29) is 6.15 Å². The van der Waals surface area contributed by atoms with Crippen LogP contribution in [0.3, 0.4) is 0 Å². The summed E-state index contributed by atoms with van der Waals surface area (Å²) in [5.41, 5.74) is 0. The molecule has 0 spiro atoms. The minimum atomic E-state index is 0. The Kier molecular flexibility index (Phi) is 4.29. The first-order valence-electron chi connectivity index (χ1n) is 3.53. The third-order valence-corrected chi connectivity index (χ3v) is 1.30. The molecule has 0 bridgehead atoms. The van der Waals surface area contributed by atoms with Crippen molar-refractivity contribution >= 4 is 0 Å². The highest BCUT2D eigenvalue weighted by Gasteiger charge is 1.93. The van der Waals surface area contributed by atoms with Gasteiger partial charge in [0.05, 0.1) is 0 Å². The van der Waals surface area contributed by atoms with Crippen LogP contribution >= 0.6 is 0 Å². The molecule has 1 aromatic heterocycles. The van der Waals surface area contributed by atoms with Gasteiger partial charge >= 0.3 is 0 Å². The summed E-state index contributed by atoms with van der Waals surface area (Å²) in [6.07, 6.45) is 3.34. The van der Waals surface area contributed by atoms with Crippen molar-refractivity contribution in [3.05, 3.63) is 18.0 Å². The Morgan fingerprint density at radius 2 is 1.55 bits per heavy atom. The van der Waals surface area contributed by atoms with E-state index in [1.54, 1.807) is 6.33 Å². The van der Waals surface area contributed by atoms with Gasteiger partial charge in [0, 0.05) is 12.8 Å². The molecule has 0 saturated heterocycles. The molecule has 0 saturated carbocycles. The maximum Gasteiger partial charge on any atom is 0.132 e. The lowest BCUT2D eigenvalue weighted by molar-refractivity contribution is 0.825. The van der Waals surface area contributed by atoms with Crippen molar-refractivity contribution in [3.8, 4) is 0 Å². The van der Waals surface area contributed by atoms with Crippen molar-refractivity contribution in [2.24, 2.45) is 0 Å². The molecular formula is C7H14N4. The number of aryl methyl sites for hydroxylation is 2. The zero-order chi connectivity index (χ0) is 7.40. The molecule has 62 valence electrons. The van der Waals surface area contributed by atoms with Gasteiger partial charge in [0.1, 0.15) is 18.0 Å². The van der Waals surface area contributed by atoms with Gasteiger partial charge in [-0.15, -0.1) is 0 Å². The summed E-state index contributed by atoms with van der Waals surface area (Å²) in [6, 6.07) is 0. The molecule has 0 atom stereocenters. The fourth-order valence-corrected chi connectivity index (χ4v) is 0.710. The van der Waals surface area contributed by atoms with Crippen LogP contribution in [0.2, 0.25) is 0 Å². The second-order valence-corrected chi connectivity index (χ2v) is 2.03. The molecule has 3 N–H and O–H groups in total. The predicted octanol–water partition coefficient (Wildman–Crippen LogP) is 1.16. The molecular weight excluding hydrogens is 140 g/mol. The Hall–Kier alpha value is -1.03. The van der Waals surface area contributed by atoms with Crippen molar-refractivity contribution in [2.75, 3.05) is 0 Å². The summed E-state index contributed by atoms with van der Waals surface area (Å²) in [7, 11) is 0. The van der Waals surface area contributed by atoms with Crippen LogP contribution in [0.1, 0.15) is 25.5 Å². The van der Waals surface area contributed by atoms with Crippen LogP contribution in [-0.2, 0) is 12.8 Å². The highest BCUT2D eigenvalue weighted by molar-refractivity contribution is 4.89. The molecule has 0 aliphatic rings. The fraction of sp³-hybridized carbons (Fsp3) is 0.571. The maximum atomic E-state index is 4.19. The van der Waals surface area contributed by atoms with Crippen molar-refractivity contribution in [3.63, 3.8) is 0 Å². The van der Waals surface area contributed by atoms with Gasteiger partial charge in [-0.05, 0) is 0 Å². The average Bonchev–Trinajstić information content (AvgIpc) is 2.05. The summed E-state index contributed by atoms with van der Waals surface area (Å²) in [6.45, 7) is 4.07. The Morgan fingerprint density at radius 1 is 1.09 bits per heavy atom. The van der Waals surface area contributed by atoms with E-state index in [2.05, 4.69) is 15.0 Å². The first-order chi connectivity index (χ1) is 4.86. The molecule has 1 aromatic rings. The quantitative estimate of drug-likeness (QED) is 0.693. The van der Waals surface area contributed by atoms with Gasteiger partial charge in [0.15, 0.2) is 0 Å². The molecule has 0 aliphatic carbocycles. The average molecular weight is 154 g/mol. The molecule has 0 unspecified atom stereocenters. The minimum absolute atomic E-state index is 0. The van der Waals surface area contributed by atoms with Crippen LogP contribution in [0.15, 0.2) is 6.33 Å². The zero-order valence-electron chi connectivity index (χ0n) is 7.04. The van der Waals surface area contributed by atoms with Crippen LogP contribution in [0.4, 0.5) is 0 Å². The Bertz CT molecular complexity index is 192. The monoisotopic (exact) mass is 154 g/mol. The topological polar surface area (TPSA) is 73.7 Å². The summed E-state index contributed by atoms with van der Waals surface area (Å²) in [4.78, 5) is 12.2. The van der Waals surface area contributed by atoms with E-state index in [4.69, 9.17) is 0 Å². The van der Waals surface area contributed by atoms with Gasteiger partial charge in [0.2, 0.25) is 0 Å². The van der Waals surface area contributed by atoms with E-state index in [0.29, 0.717) is 0 Å². The lowest BCUT2D eigenvalue weighted by Crippen LogP contribution is -1.99. The first-order valence-corrected chi connectivity index (χ1v) is 3.53. The van der Waals surface area contributed by atoms with Crippen molar-refractivity contribution in [1.82, 2.24) is 21.1 Å². The highest BCUT2D eigenvalue weighted by Crippen LogP contribution is 1.91. The third kappa shape index (κ3) is 2.59. The number of rotatable bonds is 2. The van der Waals surface area contributed by atoms with E-state index in [1.807, 2.05) is 13.8 Å². The maximum absolute atomic E-state index is 4.19. The molecule has 4 heteroatoms. The third-order valence-electron chi connectivity index (χ3n) is 1.30. The van der Waals surface area contributed by atoms with Crippen LogP contribution in [0.25, 0.3) is 0 Å². The van der Waals surface area contributed by atoms with Gasteiger partial charge in [-0.2, -0.15) is 0 Å². The van der Waals surface area contributed by atoms with E-state index in [9.17, 15) is 0 Å². The molecule has 0 radical (unpaired) electrons. The lowest BCUT2D eigenvalue weighted by Gasteiger charge is -1.95. The Balaban J connectivity index is 0.000001000. The number of hydrogen-bond donors (Lipinski definition) is 1. The van der Waals surface area contributed by atoms with Gasteiger partial charge in [-0.25, -0.2) is 15.0 Å². The summed E-state index contributed by atoms with van der Waals surface area (Å²) in [5, 5.41) is 0. The second-order valence-electron chi connectivity index (χ2n) is 2.03. The standard InChI is InChI=1S/C7H11N3.H3N/c1-3-6-8-5-9-7(4-2)10-6;/h5H,3-4H2,1-2H3;1H3. The smallest absolute Gasteiger partial charge is 0.132 e. The molecule has 0 aromatic carbocycles. The van der Waals surface area contributed by atoms with Gasteiger partial charge in [-0.1, -0.05) is 13.8 Å². The van der Waals surface area contributed by atoms with Crippen molar-refractivity contribution < 1.29 is 0 Å². The van der Waals surface area contributed by atoms with Crippen LogP contribution in [0, 0.1) is 0 Å². The Labute approximate surface area is 66.7 Å². The molecule has 4 nitrogen and oxygen atoms in total. The lowest BCUT2D eigenvalue weighted by atomic mass is 10.4. The molecule has 1 rings (SSSR count). The normalized spacial score (nSPS) is 8.91. The number of hydrogen-bond acceptors (Lipinski definition) is 4. The number of nitrogens with zero attached hydrogens (tertiary/aromatic N) is 3. The van der Waals surface area contributed by atoms with Gasteiger partial charge in [-0.3, -0.25) is 0 Å². The number of aromatic nitrogens is 3. The molecule has 0 fully saturated rings. The molecule has 0 amide bonds. The minimum Gasteiger partial charge on any atom is -0.344 e. The predicted molar refractivity (Wildman–Crippen MR) is 43.6 cm³/mol. The van der Waals surface area contributed by atoms with Crippen molar-refractivity contribution in [1.29, 1.82) is 0 Å². The van der Waals surface area contributed by atoms with E-state index in [0.717, 1.165) is 24.5 Å². The largest absolute Gasteiger partial charge is 0.344 e. The van der Waals surface area contributed by atoms with Crippen LogP contribution in [-0.4, -0.2) is 15.0 Å². The van der Waals surface area contributed by atoms with Crippen LogP contribution < -0.4 is 6.15 Å². The van der Waals surface area contributed by atoms with E-state index >= 15 is 0 Å². The second kappa shape index (κ2) is 4.73. The zero-order valence-corrected chi connectivity index (χ0v) is 7.04.